The van der Waals surface area contributed by atoms with Gasteiger partial charge in [0.25, 0.3) is 0 Å². The smallest absolute Gasteiger partial charge is 0.123 e. The largest absolute Gasteiger partial charge is 0.303 e. The van der Waals surface area contributed by atoms with E-state index in [-0.39, 0.29) is 0 Å². The fourth-order valence-corrected chi connectivity index (χ4v) is 1.96. The number of nitrogens with zero attached hydrogens (tertiary/aromatic N) is 1. The average molecular weight is 203 g/mol. The van der Waals surface area contributed by atoms with Crippen molar-refractivity contribution in [3.63, 3.8) is 0 Å². The molecule has 0 atom stereocenters. The van der Waals surface area contributed by atoms with Gasteiger partial charge in [-0.05, 0) is 17.7 Å². The Morgan fingerprint density at radius 1 is 1.43 bits per heavy atom. The first kappa shape index (κ1) is 9.09. The summed E-state index contributed by atoms with van der Waals surface area (Å²) >= 11 is 1.63. The highest BCUT2D eigenvalue weighted by Gasteiger charge is 1.95. The topological polar surface area (TPSA) is 30.0 Å². The molecule has 14 heavy (non-hydrogen) atoms. The van der Waals surface area contributed by atoms with Gasteiger partial charge in [-0.2, -0.15) is 0 Å². The molecule has 0 saturated heterocycles. The van der Waals surface area contributed by atoms with Gasteiger partial charge >= 0.3 is 0 Å². The van der Waals surface area contributed by atoms with Crippen LogP contribution in [0.2, 0.25) is 0 Å². The summed E-state index contributed by atoms with van der Waals surface area (Å²) in [4.78, 5) is 14.3. The number of fused-ring (bicyclic) bond motifs is 1. The summed E-state index contributed by atoms with van der Waals surface area (Å²) in [6.07, 6.45) is 5.17. The van der Waals surface area contributed by atoms with E-state index in [0.717, 1.165) is 17.4 Å². The molecule has 2 nitrogen and oxygen atoms in total. The Bertz CT molecular complexity index is 473. The third kappa shape index (κ3) is 1.88. The van der Waals surface area contributed by atoms with Gasteiger partial charge in [-0.25, -0.2) is 4.98 Å². The Hall–Kier alpha value is -1.48. The summed E-state index contributed by atoms with van der Waals surface area (Å²) in [5.74, 6) is 0. The molecule has 0 fully saturated rings. The third-order valence-corrected chi connectivity index (χ3v) is 2.69. The van der Waals surface area contributed by atoms with E-state index >= 15 is 0 Å². The van der Waals surface area contributed by atoms with Gasteiger partial charge in [0.1, 0.15) is 6.29 Å². The highest BCUT2D eigenvalue weighted by Crippen LogP contribution is 2.19. The monoisotopic (exact) mass is 203 g/mol. The Labute approximate surface area is 85.9 Å². The van der Waals surface area contributed by atoms with Gasteiger partial charge in [-0.1, -0.05) is 18.2 Å². The number of hydrogen-bond acceptors (Lipinski definition) is 3. The first-order valence-electron chi connectivity index (χ1n) is 4.33. The van der Waals surface area contributed by atoms with Crippen LogP contribution in [0.1, 0.15) is 12.0 Å². The number of carbonyl (C=O) groups excluding carboxylic acids is 1. The zero-order valence-electron chi connectivity index (χ0n) is 7.51. The molecule has 0 amide bonds. The van der Waals surface area contributed by atoms with Crippen molar-refractivity contribution in [1.29, 1.82) is 0 Å². The zero-order valence-corrected chi connectivity index (χ0v) is 8.33. The number of benzene rings is 1. The van der Waals surface area contributed by atoms with Gasteiger partial charge < -0.3 is 4.79 Å². The predicted octanol–water partition coefficient (Wildman–Crippen LogP) is 2.90. The molecule has 2 aromatic rings. The van der Waals surface area contributed by atoms with Gasteiger partial charge in [0.05, 0.1) is 15.7 Å². The Kier molecular flexibility index (Phi) is 2.70. The molecular weight excluding hydrogens is 194 g/mol. The van der Waals surface area contributed by atoms with Crippen LogP contribution in [-0.2, 0) is 4.79 Å². The summed E-state index contributed by atoms with van der Waals surface area (Å²) in [5.41, 5.74) is 3.98. The van der Waals surface area contributed by atoms with Crippen molar-refractivity contribution in [3.8, 4) is 0 Å². The minimum absolute atomic E-state index is 0.473. The second-order valence-electron chi connectivity index (χ2n) is 2.88. The van der Waals surface area contributed by atoms with E-state index in [1.54, 1.807) is 11.3 Å². The van der Waals surface area contributed by atoms with Gasteiger partial charge in [-0.15, -0.1) is 11.3 Å². The van der Waals surface area contributed by atoms with Crippen molar-refractivity contribution in [2.24, 2.45) is 0 Å². The Morgan fingerprint density at radius 2 is 2.36 bits per heavy atom. The van der Waals surface area contributed by atoms with Crippen LogP contribution in [0.3, 0.4) is 0 Å². The molecule has 3 heteroatoms. The quantitative estimate of drug-likeness (QED) is 0.718. The molecule has 0 aliphatic heterocycles. The molecular formula is C11H9NOS. The molecule has 1 aromatic heterocycles. The summed E-state index contributed by atoms with van der Waals surface area (Å²) < 4.78 is 1.18. The summed E-state index contributed by atoms with van der Waals surface area (Å²) in [7, 11) is 0. The Morgan fingerprint density at radius 3 is 3.21 bits per heavy atom. The minimum Gasteiger partial charge on any atom is -0.303 e. The van der Waals surface area contributed by atoms with Crippen LogP contribution in [-0.4, -0.2) is 11.3 Å². The second kappa shape index (κ2) is 4.15. The molecule has 0 N–H and O–H groups in total. The minimum atomic E-state index is 0.473. The van der Waals surface area contributed by atoms with E-state index in [1.807, 2.05) is 29.8 Å². The van der Waals surface area contributed by atoms with Crippen LogP contribution in [0.4, 0.5) is 0 Å². The molecule has 0 saturated carbocycles. The zero-order chi connectivity index (χ0) is 9.80. The number of hydrogen-bond donors (Lipinski definition) is 0. The van der Waals surface area contributed by atoms with E-state index in [0.29, 0.717) is 6.42 Å². The predicted molar refractivity (Wildman–Crippen MR) is 59.3 cm³/mol. The average Bonchev–Trinajstić information content (AvgIpc) is 2.65. The van der Waals surface area contributed by atoms with Crippen molar-refractivity contribution in [2.75, 3.05) is 0 Å². The van der Waals surface area contributed by atoms with Crippen molar-refractivity contribution >= 4 is 33.9 Å². The molecule has 1 heterocycles. The molecule has 0 aliphatic carbocycles. The molecule has 1 aromatic carbocycles. The maximum Gasteiger partial charge on any atom is 0.123 e. The molecule has 2 rings (SSSR count). The molecule has 0 aliphatic rings. The van der Waals surface area contributed by atoms with Crippen LogP contribution in [0.25, 0.3) is 16.3 Å². The number of allylic oxidation sites excluding steroid dienone is 1. The fraction of sp³-hybridized carbons (Fsp3) is 0.0909. The third-order valence-electron chi connectivity index (χ3n) is 1.90. The van der Waals surface area contributed by atoms with Crippen LogP contribution >= 0.6 is 11.3 Å². The first-order valence-corrected chi connectivity index (χ1v) is 5.21. The highest BCUT2D eigenvalue weighted by atomic mass is 32.1. The normalized spacial score (nSPS) is 11.1. The van der Waals surface area contributed by atoms with E-state index < -0.39 is 0 Å². The number of aromatic nitrogens is 1. The number of thiazole rings is 1. The maximum atomic E-state index is 10.1. The van der Waals surface area contributed by atoms with Crippen molar-refractivity contribution < 1.29 is 4.79 Å². The molecule has 0 bridgehead atoms. The first-order chi connectivity index (χ1) is 6.90. The van der Waals surface area contributed by atoms with E-state index in [1.165, 1.54) is 4.70 Å². The number of aldehydes is 1. The maximum absolute atomic E-state index is 10.1. The van der Waals surface area contributed by atoms with Crippen LogP contribution in [0, 0.1) is 0 Å². The van der Waals surface area contributed by atoms with Gasteiger partial charge in [-0.3, -0.25) is 0 Å². The van der Waals surface area contributed by atoms with Gasteiger partial charge in [0, 0.05) is 6.42 Å². The summed E-state index contributed by atoms with van der Waals surface area (Å²) in [5, 5.41) is 0. The van der Waals surface area contributed by atoms with Crippen molar-refractivity contribution in [3.05, 3.63) is 35.3 Å². The molecule has 0 unspecified atom stereocenters. The van der Waals surface area contributed by atoms with Crippen LogP contribution in [0.5, 0.6) is 0 Å². The molecule has 0 radical (unpaired) electrons. The lowest BCUT2D eigenvalue weighted by Gasteiger charge is -1.92. The SMILES string of the molecule is O=CCC=Cc1ccc2ncsc2c1. The summed E-state index contributed by atoms with van der Waals surface area (Å²) in [6.45, 7) is 0. The Balaban J connectivity index is 2.29. The van der Waals surface area contributed by atoms with Crippen molar-refractivity contribution in [1.82, 2.24) is 4.98 Å². The van der Waals surface area contributed by atoms with Crippen LogP contribution < -0.4 is 0 Å². The standard InChI is InChI=1S/C11H9NOS/c13-6-2-1-3-9-4-5-10-11(7-9)14-8-12-10/h1,3-8H,2H2. The van der Waals surface area contributed by atoms with Crippen molar-refractivity contribution in [2.45, 2.75) is 6.42 Å². The van der Waals surface area contributed by atoms with Crippen LogP contribution in [0.15, 0.2) is 29.8 Å². The lowest BCUT2D eigenvalue weighted by molar-refractivity contribution is -0.107. The van der Waals surface area contributed by atoms with Gasteiger partial charge in [0.15, 0.2) is 0 Å². The van der Waals surface area contributed by atoms with E-state index in [4.69, 9.17) is 0 Å². The summed E-state index contributed by atoms with van der Waals surface area (Å²) in [6, 6.07) is 6.07. The van der Waals surface area contributed by atoms with E-state index in [9.17, 15) is 4.79 Å². The fourth-order valence-electron chi connectivity index (χ4n) is 1.24. The number of carbonyl (C=O) groups is 1. The lowest BCUT2D eigenvalue weighted by Crippen LogP contribution is -1.72. The van der Waals surface area contributed by atoms with Gasteiger partial charge in [0.2, 0.25) is 0 Å². The lowest BCUT2D eigenvalue weighted by atomic mass is 10.2. The number of rotatable bonds is 3. The second-order valence-corrected chi connectivity index (χ2v) is 3.77. The molecule has 70 valence electrons. The highest BCUT2D eigenvalue weighted by molar-refractivity contribution is 7.16. The van der Waals surface area contributed by atoms with E-state index in [2.05, 4.69) is 11.1 Å². The molecule has 0 spiro atoms.